The zero-order valence-corrected chi connectivity index (χ0v) is 19.3. The number of amidine groups is 1. The van der Waals surface area contributed by atoms with Crippen LogP contribution >= 0.6 is 12.4 Å². The molecule has 8 nitrogen and oxygen atoms in total. The van der Waals surface area contributed by atoms with Gasteiger partial charge in [-0.25, -0.2) is 4.79 Å². The van der Waals surface area contributed by atoms with Gasteiger partial charge in [0.05, 0.1) is 13.7 Å². The van der Waals surface area contributed by atoms with Gasteiger partial charge >= 0.3 is 18.1 Å². The van der Waals surface area contributed by atoms with E-state index in [1.165, 1.54) is 7.11 Å². The van der Waals surface area contributed by atoms with Crippen molar-refractivity contribution in [2.75, 3.05) is 25.6 Å². The molecular weight excluding hydrogens is 477 g/mol. The number of esters is 1. The van der Waals surface area contributed by atoms with Crippen molar-refractivity contribution in [1.82, 2.24) is 5.32 Å². The Morgan fingerprint density at radius 3 is 2.32 bits per heavy atom. The molecular formula is C22H26ClF3N4O4. The van der Waals surface area contributed by atoms with Crippen LogP contribution in [0.2, 0.25) is 0 Å². The number of aryl methyl sites for hydroxylation is 1. The molecule has 0 spiro atoms. The number of carbonyl (C=O) groups excluding carboxylic acids is 2. The van der Waals surface area contributed by atoms with Crippen LogP contribution < -0.4 is 21.1 Å². The highest BCUT2D eigenvalue weighted by Gasteiger charge is 2.38. The Morgan fingerprint density at radius 1 is 1.15 bits per heavy atom. The lowest BCUT2D eigenvalue weighted by atomic mass is 10.0. The van der Waals surface area contributed by atoms with Gasteiger partial charge in [0, 0.05) is 16.8 Å². The number of hydrogen-bond donors (Lipinski definition) is 4. The van der Waals surface area contributed by atoms with E-state index >= 15 is 0 Å². The molecule has 34 heavy (non-hydrogen) atoms. The molecule has 0 saturated carbocycles. The normalized spacial score (nSPS) is 11.6. The quantitative estimate of drug-likeness (QED) is 0.171. The van der Waals surface area contributed by atoms with Crippen molar-refractivity contribution in [3.63, 3.8) is 0 Å². The summed E-state index contributed by atoms with van der Waals surface area (Å²) >= 11 is 0. The van der Waals surface area contributed by atoms with Crippen LogP contribution in [0.4, 0.5) is 18.9 Å². The number of rotatable bonds is 10. The molecule has 12 heteroatoms. The zero-order chi connectivity index (χ0) is 24.6. The van der Waals surface area contributed by atoms with Crippen LogP contribution in [0.5, 0.6) is 5.75 Å². The highest BCUT2D eigenvalue weighted by atomic mass is 35.5. The molecule has 0 aliphatic carbocycles. The lowest BCUT2D eigenvalue weighted by molar-refractivity contribution is -0.173. The zero-order valence-electron chi connectivity index (χ0n) is 18.5. The summed E-state index contributed by atoms with van der Waals surface area (Å²) < 4.78 is 47.5. The maximum absolute atomic E-state index is 12.6. The van der Waals surface area contributed by atoms with Gasteiger partial charge in [0.15, 0.2) is 6.04 Å². The number of alkyl halides is 3. The van der Waals surface area contributed by atoms with Crippen molar-refractivity contribution in [2.45, 2.75) is 25.6 Å². The molecule has 0 fully saturated rings. The van der Waals surface area contributed by atoms with Crippen LogP contribution in [0.25, 0.3) is 0 Å². The number of benzene rings is 2. The first-order valence-electron chi connectivity index (χ1n) is 9.96. The molecule has 1 unspecified atom stereocenters. The molecule has 0 bridgehead atoms. The third-order valence-electron chi connectivity index (χ3n) is 4.64. The summed E-state index contributed by atoms with van der Waals surface area (Å²) in [7, 11) is 1.23. The van der Waals surface area contributed by atoms with E-state index in [1.807, 2.05) is 6.92 Å². The third kappa shape index (κ3) is 7.84. The average Bonchev–Trinajstić information content (AvgIpc) is 2.79. The Hall–Kier alpha value is -3.47. The highest BCUT2D eigenvalue weighted by Crippen LogP contribution is 2.31. The third-order valence-corrected chi connectivity index (χ3v) is 4.64. The minimum atomic E-state index is -4.98. The minimum Gasteiger partial charge on any atom is -0.491 e. The smallest absolute Gasteiger partial charge is 0.471 e. The first-order chi connectivity index (χ1) is 15.6. The molecule has 2 rings (SSSR count). The molecule has 1 amide bonds. The molecule has 1 atom stereocenters. The van der Waals surface area contributed by atoms with Crippen molar-refractivity contribution in [3.8, 4) is 5.75 Å². The fourth-order valence-corrected chi connectivity index (χ4v) is 2.89. The second-order valence-corrected chi connectivity index (χ2v) is 6.92. The molecule has 0 aromatic heterocycles. The van der Waals surface area contributed by atoms with Gasteiger partial charge in [-0.05, 0) is 48.4 Å². The van der Waals surface area contributed by atoms with Crippen LogP contribution in [0, 0.1) is 5.41 Å². The number of ether oxygens (including phenoxy) is 2. The highest BCUT2D eigenvalue weighted by molar-refractivity contribution is 5.95. The summed E-state index contributed by atoms with van der Waals surface area (Å²) in [5, 5.41) is 12.2. The largest absolute Gasteiger partial charge is 0.491 e. The summed E-state index contributed by atoms with van der Waals surface area (Å²) in [6.45, 7) is 1.30. The van der Waals surface area contributed by atoms with Crippen molar-refractivity contribution in [1.29, 1.82) is 5.41 Å². The standard InChI is InChI=1S/C22H25F3N4O4.ClH/c1-3-13-4-9-17(33-11-10-28-21(31)22(23,24)25)16(12-13)18(20(30)32-2)29-15-7-5-14(6-8-15)19(26)27;/h4-9,12,18,29H,3,10-11H2,1-2H3,(H3,26,27)(H,28,31);1H. The maximum Gasteiger partial charge on any atom is 0.471 e. The minimum absolute atomic E-state index is 0. The van der Waals surface area contributed by atoms with E-state index < -0.39 is 24.1 Å². The fourth-order valence-electron chi connectivity index (χ4n) is 2.89. The molecule has 2 aromatic carbocycles. The Morgan fingerprint density at radius 2 is 1.79 bits per heavy atom. The number of nitrogen functional groups attached to an aromatic ring is 1. The number of amides is 1. The molecule has 5 N–H and O–H groups in total. The summed E-state index contributed by atoms with van der Waals surface area (Å²) in [4.78, 5) is 23.5. The van der Waals surface area contributed by atoms with E-state index in [9.17, 15) is 22.8 Å². The molecule has 0 aliphatic heterocycles. The number of nitrogens with two attached hydrogens (primary N) is 1. The maximum atomic E-state index is 12.6. The van der Waals surface area contributed by atoms with Crippen molar-refractivity contribution in [3.05, 3.63) is 59.2 Å². The molecule has 0 aliphatic rings. The van der Waals surface area contributed by atoms with Crippen LogP contribution in [-0.2, 0) is 20.7 Å². The van der Waals surface area contributed by atoms with E-state index in [1.54, 1.807) is 47.8 Å². The van der Waals surface area contributed by atoms with Gasteiger partial charge in [0.25, 0.3) is 0 Å². The SMILES string of the molecule is CCc1ccc(OCCNC(=O)C(F)(F)F)c(C(Nc2ccc(C(=N)N)cc2)C(=O)OC)c1.Cl. The van der Waals surface area contributed by atoms with Gasteiger partial charge in [0.1, 0.15) is 18.2 Å². The van der Waals surface area contributed by atoms with Gasteiger partial charge in [-0.15, -0.1) is 12.4 Å². The number of anilines is 1. The first-order valence-corrected chi connectivity index (χ1v) is 9.96. The van der Waals surface area contributed by atoms with E-state index in [-0.39, 0.29) is 37.1 Å². The predicted octanol–water partition coefficient (Wildman–Crippen LogP) is 3.34. The number of methoxy groups -OCH3 is 1. The van der Waals surface area contributed by atoms with Gasteiger partial charge < -0.3 is 25.8 Å². The topological polar surface area (TPSA) is 127 Å². The number of hydrogen-bond acceptors (Lipinski definition) is 6. The monoisotopic (exact) mass is 502 g/mol. The van der Waals surface area contributed by atoms with Gasteiger partial charge in [0.2, 0.25) is 0 Å². The molecule has 2 aromatic rings. The van der Waals surface area contributed by atoms with Crippen molar-refractivity contribution >= 4 is 35.8 Å². The molecule has 0 heterocycles. The Bertz CT molecular complexity index is 1000. The molecule has 0 saturated heterocycles. The van der Waals surface area contributed by atoms with Gasteiger partial charge in [-0.3, -0.25) is 10.2 Å². The lowest BCUT2D eigenvalue weighted by Gasteiger charge is -2.22. The average molecular weight is 503 g/mol. The summed E-state index contributed by atoms with van der Waals surface area (Å²) in [5.74, 6) is -2.53. The van der Waals surface area contributed by atoms with Crippen LogP contribution in [0.15, 0.2) is 42.5 Å². The van der Waals surface area contributed by atoms with E-state index in [4.69, 9.17) is 20.6 Å². The second kappa shape index (κ2) is 12.7. The summed E-state index contributed by atoms with van der Waals surface area (Å²) in [6, 6.07) is 10.6. The number of nitrogens with one attached hydrogen (secondary N) is 3. The van der Waals surface area contributed by atoms with Crippen LogP contribution in [-0.4, -0.2) is 44.1 Å². The Kier molecular flexibility index (Phi) is 10.7. The van der Waals surface area contributed by atoms with E-state index in [2.05, 4.69) is 5.32 Å². The van der Waals surface area contributed by atoms with E-state index in [0.717, 1.165) is 5.56 Å². The number of carbonyl (C=O) groups is 2. The van der Waals surface area contributed by atoms with Gasteiger partial charge in [-0.2, -0.15) is 13.2 Å². The summed E-state index contributed by atoms with van der Waals surface area (Å²) in [6.07, 6.45) is -4.32. The Labute approximate surface area is 200 Å². The van der Waals surface area contributed by atoms with Gasteiger partial charge in [-0.1, -0.05) is 13.0 Å². The summed E-state index contributed by atoms with van der Waals surface area (Å²) in [5.41, 5.74) is 7.82. The predicted molar refractivity (Wildman–Crippen MR) is 123 cm³/mol. The van der Waals surface area contributed by atoms with Crippen LogP contribution in [0.1, 0.15) is 29.7 Å². The number of halogens is 4. The first kappa shape index (κ1) is 28.6. The molecule has 0 radical (unpaired) electrons. The lowest BCUT2D eigenvalue weighted by Crippen LogP contribution is -2.38. The van der Waals surface area contributed by atoms with Crippen LogP contribution in [0.3, 0.4) is 0 Å². The van der Waals surface area contributed by atoms with Crippen molar-refractivity contribution in [2.24, 2.45) is 5.73 Å². The Balaban J connectivity index is 0.00000578. The fraction of sp³-hybridized carbons (Fsp3) is 0.318. The van der Waals surface area contributed by atoms with E-state index in [0.29, 0.717) is 23.2 Å². The van der Waals surface area contributed by atoms with Crippen molar-refractivity contribution < 1.29 is 32.2 Å². The molecule has 186 valence electrons. The second-order valence-electron chi connectivity index (χ2n) is 6.92.